The van der Waals surface area contributed by atoms with E-state index in [2.05, 4.69) is 21.2 Å². The number of aromatic amines is 1. The predicted molar refractivity (Wildman–Crippen MR) is 155 cm³/mol. The van der Waals surface area contributed by atoms with Gasteiger partial charge in [0.1, 0.15) is 4.83 Å². The molecule has 39 heavy (non-hydrogen) atoms. The number of aromatic nitrogens is 4. The first kappa shape index (κ1) is 26.4. The van der Waals surface area contributed by atoms with Crippen LogP contribution >= 0.6 is 11.3 Å². The van der Waals surface area contributed by atoms with E-state index in [0.29, 0.717) is 22.6 Å². The molecule has 5 aromatic rings. The molecule has 200 valence electrons. The van der Waals surface area contributed by atoms with Crippen molar-refractivity contribution in [3.05, 3.63) is 109 Å². The minimum atomic E-state index is -0.612. The van der Waals surface area contributed by atoms with Crippen LogP contribution in [0.2, 0.25) is 0 Å². The summed E-state index contributed by atoms with van der Waals surface area (Å²) in [5.74, 6) is -0.253. The van der Waals surface area contributed by atoms with Gasteiger partial charge in [0.15, 0.2) is 5.82 Å². The molecule has 1 N–H and O–H groups in total. The van der Waals surface area contributed by atoms with Gasteiger partial charge < -0.3 is 0 Å². The van der Waals surface area contributed by atoms with E-state index < -0.39 is 5.76 Å². The van der Waals surface area contributed by atoms with E-state index >= 15 is 0 Å². The zero-order chi connectivity index (χ0) is 27.9. The Morgan fingerprint density at radius 3 is 2.33 bits per heavy atom. The standard InChI is InChI=1S/C30H30N4O4S/c1-6-21-15-24-26(35)33(16-18(2)30(3,4)5)29(37)34(27(24)39-21)17-19-11-13-20(14-12-19)22-9-7-8-10-23(22)25-31-28(36)38-32-25/h7-15H,2,6,16-17H2,1,3-5H3,(H,31,32,36). The number of rotatable bonds is 7. The van der Waals surface area contributed by atoms with Crippen LogP contribution < -0.4 is 17.0 Å². The first-order chi connectivity index (χ1) is 18.6. The van der Waals surface area contributed by atoms with Crippen molar-refractivity contribution in [2.24, 2.45) is 5.41 Å². The van der Waals surface area contributed by atoms with Crippen molar-refractivity contribution >= 4 is 21.6 Å². The molecular weight excluding hydrogens is 512 g/mol. The quantitative estimate of drug-likeness (QED) is 0.276. The molecule has 0 unspecified atom stereocenters. The van der Waals surface area contributed by atoms with Gasteiger partial charge in [-0.1, -0.05) is 93.5 Å². The van der Waals surface area contributed by atoms with Crippen LogP contribution in [-0.4, -0.2) is 19.3 Å². The normalized spacial score (nSPS) is 11.8. The molecule has 0 saturated heterocycles. The zero-order valence-corrected chi connectivity index (χ0v) is 23.2. The van der Waals surface area contributed by atoms with Crippen molar-refractivity contribution in [1.29, 1.82) is 0 Å². The number of allylic oxidation sites excluding steroid dienone is 1. The molecule has 3 aromatic heterocycles. The fourth-order valence-electron chi connectivity index (χ4n) is 4.39. The minimum Gasteiger partial charge on any atom is -0.296 e. The lowest BCUT2D eigenvalue weighted by atomic mass is 9.87. The Bertz CT molecular complexity index is 1860. The Balaban J connectivity index is 1.55. The van der Waals surface area contributed by atoms with Gasteiger partial charge in [-0.2, -0.15) is 0 Å². The molecule has 8 nitrogen and oxygen atoms in total. The summed E-state index contributed by atoms with van der Waals surface area (Å²) in [7, 11) is 0. The van der Waals surface area contributed by atoms with Gasteiger partial charge in [0.2, 0.25) is 0 Å². The average molecular weight is 543 g/mol. The van der Waals surface area contributed by atoms with Crippen molar-refractivity contribution in [2.75, 3.05) is 0 Å². The van der Waals surface area contributed by atoms with Gasteiger partial charge >= 0.3 is 11.4 Å². The molecule has 0 aliphatic carbocycles. The van der Waals surface area contributed by atoms with Crippen LogP contribution in [0.3, 0.4) is 0 Å². The molecule has 0 aliphatic rings. The number of thiophene rings is 1. The van der Waals surface area contributed by atoms with Crippen LogP contribution in [0.1, 0.15) is 38.1 Å². The monoisotopic (exact) mass is 542 g/mol. The molecule has 9 heteroatoms. The van der Waals surface area contributed by atoms with Gasteiger partial charge in [-0.3, -0.25) is 23.4 Å². The second-order valence-electron chi connectivity index (χ2n) is 10.6. The number of nitrogens with zero attached hydrogens (tertiary/aromatic N) is 3. The number of hydrogen-bond acceptors (Lipinski definition) is 6. The van der Waals surface area contributed by atoms with Crippen molar-refractivity contribution in [2.45, 2.75) is 47.2 Å². The van der Waals surface area contributed by atoms with Crippen molar-refractivity contribution < 1.29 is 4.52 Å². The van der Waals surface area contributed by atoms with Gasteiger partial charge in [-0.25, -0.2) is 9.59 Å². The Morgan fingerprint density at radius 1 is 1.03 bits per heavy atom. The van der Waals surface area contributed by atoms with Crippen LogP contribution in [0.5, 0.6) is 0 Å². The van der Waals surface area contributed by atoms with Gasteiger partial charge in [0.05, 0.1) is 18.5 Å². The third kappa shape index (κ3) is 5.09. The van der Waals surface area contributed by atoms with Gasteiger partial charge in [0.25, 0.3) is 5.56 Å². The van der Waals surface area contributed by atoms with Gasteiger partial charge in [-0.05, 0) is 34.6 Å². The first-order valence-electron chi connectivity index (χ1n) is 12.8. The smallest absolute Gasteiger partial charge is 0.296 e. The topological polar surface area (TPSA) is 103 Å². The van der Waals surface area contributed by atoms with Gasteiger partial charge in [0, 0.05) is 10.4 Å². The van der Waals surface area contributed by atoms with Gasteiger partial charge in [-0.15, -0.1) is 11.3 Å². The summed E-state index contributed by atoms with van der Waals surface area (Å²) in [5, 5.41) is 4.39. The van der Waals surface area contributed by atoms with Crippen LogP contribution in [0.4, 0.5) is 0 Å². The highest BCUT2D eigenvalue weighted by molar-refractivity contribution is 7.18. The lowest BCUT2D eigenvalue weighted by Gasteiger charge is -2.22. The highest BCUT2D eigenvalue weighted by Gasteiger charge is 2.21. The fraction of sp³-hybridized carbons (Fsp3) is 0.267. The van der Waals surface area contributed by atoms with E-state index in [-0.39, 0.29) is 23.2 Å². The average Bonchev–Trinajstić information content (AvgIpc) is 3.55. The summed E-state index contributed by atoms with van der Waals surface area (Å²) >= 11 is 1.49. The van der Waals surface area contributed by atoms with E-state index in [9.17, 15) is 14.4 Å². The summed E-state index contributed by atoms with van der Waals surface area (Å²) in [6.07, 6.45) is 0.784. The van der Waals surface area contributed by atoms with E-state index in [4.69, 9.17) is 0 Å². The molecule has 0 saturated carbocycles. The van der Waals surface area contributed by atoms with Crippen molar-refractivity contribution in [3.63, 3.8) is 0 Å². The van der Waals surface area contributed by atoms with E-state index in [1.165, 1.54) is 15.9 Å². The van der Waals surface area contributed by atoms with Crippen LogP contribution in [-0.2, 0) is 19.5 Å². The summed E-state index contributed by atoms with van der Waals surface area (Å²) in [5.41, 5.74) is 3.43. The summed E-state index contributed by atoms with van der Waals surface area (Å²) < 4.78 is 7.69. The molecule has 0 amide bonds. The minimum absolute atomic E-state index is 0.175. The molecular formula is C30H30N4O4S. The third-order valence-electron chi connectivity index (χ3n) is 6.93. The Labute approximate surface area is 228 Å². The second-order valence-corrected chi connectivity index (χ2v) is 11.7. The van der Waals surface area contributed by atoms with Crippen molar-refractivity contribution in [1.82, 2.24) is 19.3 Å². The molecule has 0 aliphatic heterocycles. The lowest BCUT2D eigenvalue weighted by Crippen LogP contribution is -2.41. The Kier molecular flexibility index (Phi) is 6.86. The highest BCUT2D eigenvalue weighted by atomic mass is 32.1. The number of hydrogen-bond donors (Lipinski definition) is 1. The molecule has 3 heterocycles. The van der Waals surface area contributed by atoms with Crippen LogP contribution in [0.25, 0.3) is 32.7 Å². The third-order valence-corrected chi connectivity index (χ3v) is 8.23. The Hall–Kier alpha value is -4.24. The van der Waals surface area contributed by atoms with Crippen LogP contribution in [0.15, 0.2) is 85.7 Å². The second kappa shape index (κ2) is 10.1. The molecule has 5 rings (SSSR count). The molecule has 0 spiro atoms. The molecule has 2 aromatic carbocycles. The molecule has 0 radical (unpaired) electrons. The maximum atomic E-state index is 13.7. The maximum absolute atomic E-state index is 13.7. The number of H-pyrrole nitrogens is 1. The molecule has 0 fully saturated rings. The number of nitrogens with one attached hydrogen (secondary N) is 1. The molecule has 0 bridgehead atoms. The highest BCUT2D eigenvalue weighted by Crippen LogP contribution is 2.30. The summed E-state index contributed by atoms with van der Waals surface area (Å²) in [6, 6.07) is 17.4. The van der Waals surface area contributed by atoms with E-state index in [0.717, 1.165) is 39.1 Å². The number of fused-ring (bicyclic) bond motifs is 1. The molecule has 0 atom stereocenters. The predicted octanol–water partition coefficient (Wildman–Crippen LogP) is 5.45. The zero-order valence-electron chi connectivity index (χ0n) is 22.4. The largest absolute Gasteiger partial charge is 0.439 e. The number of aryl methyl sites for hydroxylation is 1. The number of benzene rings is 2. The Morgan fingerprint density at radius 2 is 1.72 bits per heavy atom. The first-order valence-corrected chi connectivity index (χ1v) is 13.6. The fourth-order valence-corrected chi connectivity index (χ4v) is 5.47. The maximum Gasteiger partial charge on any atom is 0.439 e. The summed E-state index contributed by atoms with van der Waals surface area (Å²) in [4.78, 5) is 42.9. The van der Waals surface area contributed by atoms with E-state index in [1.54, 1.807) is 4.57 Å². The SMILES string of the molecule is C=C(Cn1c(=O)c2cc(CC)sc2n(Cc2ccc(-c3ccccc3-c3noc(=O)[nH]3)cc2)c1=O)C(C)(C)C. The van der Waals surface area contributed by atoms with E-state index in [1.807, 2.05) is 82.3 Å². The lowest BCUT2D eigenvalue weighted by molar-refractivity contribution is 0.388. The van der Waals surface area contributed by atoms with Crippen molar-refractivity contribution in [3.8, 4) is 22.5 Å². The van der Waals surface area contributed by atoms with Crippen LogP contribution in [0, 0.1) is 5.41 Å². The summed E-state index contributed by atoms with van der Waals surface area (Å²) in [6.45, 7) is 12.8.